The second kappa shape index (κ2) is 6.06. The average molecular weight is 328 g/mol. The third kappa shape index (κ3) is 3.47. The lowest BCUT2D eigenvalue weighted by atomic mass is 10.2. The molecule has 0 aliphatic heterocycles. The van der Waals surface area contributed by atoms with Crippen LogP contribution < -0.4 is 5.32 Å². The molecule has 3 nitrogen and oxygen atoms in total. The van der Waals surface area contributed by atoms with E-state index in [0.29, 0.717) is 22.5 Å². The Kier molecular flexibility index (Phi) is 4.42. The minimum atomic E-state index is -1.18. The summed E-state index contributed by atoms with van der Waals surface area (Å²) in [5, 5.41) is 3.06. The third-order valence-electron chi connectivity index (χ3n) is 2.57. The second-order valence-corrected chi connectivity index (χ2v) is 4.81. The van der Waals surface area contributed by atoms with Crippen molar-refractivity contribution in [3.63, 3.8) is 0 Å². The molecule has 1 unspecified atom stereocenters. The Balaban J connectivity index is 2.11. The van der Waals surface area contributed by atoms with Gasteiger partial charge in [-0.3, -0.25) is 0 Å². The first-order chi connectivity index (χ1) is 9.08. The summed E-state index contributed by atoms with van der Waals surface area (Å²) in [4.78, 5) is 7.93. The molecule has 0 aliphatic carbocycles. The van der Waals surface area contributed by atoms with Gasteiger partial charge in [0.1, 0.15) is 24.1 Å². The third-order valence-corrected chi connectivity index (χ3v) is 3.35. The predicted octanol–water partition coefficient (Wildman–Crippen LogP) is 4.02. The van der Waals surface area contributed by atoms with Crippen molar-refractivity contribution in [3.05, 3.63) is 52.1 Å². The van der Waals surface area contributed by atoms with Crippen LogP contribution in [0.1, 0.15) is 24.4 Å². The van der Waals surface area contributed by atoms with Gasteiger partial charge in [0.15, 0.2) is 0 Å². The molecule has 0 spiro atoms. The lowest BCUT2D eigenvalue weighted by molar-refractivity contribution is 0.364. The Labute approximate surface area is 118 Å². The van der Waals surface area contributed by atoms with Crippen LogP contribution in [0.2, 0.25) is 0 Å². The highest BCUT2D eigenvalue weighted by atomic mass is 79.9. The summed E-state index contributed by atoms with van der Waals surface area (Å²) >= 11 is 3.28. The van der Waals surface area contributed by atoms with Crippen LogP contribution in [0.15, 0.2) is 35.1 Å². The van der Waals surface area contributed by atoms with Gasteiger partial charge >= 0.3 is 0 Å². The lowest BCUT2D eigenvalue weighted by Gasteiger charge is -2.10. The topological polar surface area (TPSA) is 37.8 Å². The van der Waals surface area contributed by atoms with Crippen molar-refractivity contribution in [2.45, 2.75) is 19.6 Å². The number of halogens is 3. The van der Waals surface area contributed by atoms with E-state index in [1.165, 1.54) is 25.4 Å². The number of hydrogen-bond acceptors (Lipinski definition) is 3. The van der Waals surface area contributed by atoms with Crippen molar-refractivity contribution >= 4 is 21.7 Å². The largest absolute Gasteiger partial charge is 0.365 e. The van der Waals surface area contributed by atoms with E-state index in [1.54, 1.807) is 12.1 Å². The molecule has 1 N–H and O–H groups in total. The van der Waals surface area contributed by atoms with E-state index in [1.807, 2.05) is 0 Å². The Morgan fingerprint density at radius 3 is 2.58 bits per heavy atom. The first-order valence-electron chi connectivity index (χ1n) is 5.70. The zero-order valence-electron chi connectivity index (χ0n) is 10.2. The smallest absolute Gasteiger partial charge is 0.144 e. The van der Waals surface area contributed by atoms with Gasteiger partial charge in [-0.25, -0.2) is 18.7 Å². The standard InChI is InChI=1S/C13H12BrF2N3/c1-8(15)12-11(14)13(19-7-18-12)17-6-9-2-4-10(16)5-3-9/h2-5,7-8H,6H2,1H3,(H,17,18,19). The molecule has 0 bridgehead atoms. The van der Waals surface area contributed by atoms with Crippen LogP contribution in [0, 0.1) is 5.82 Å². The fourth-order valence-corrected chi connectivity index (χ4v) is 2.23. The second-order valence-electron chi connectivity index (χ2n) is 4.02. The maximum atomic E-state index is 13.3. The van der Waals surface area contributed by atoms with E-state index in [0.717, 1.165) is 5.56 Å². The molecule has 2 aromatic rings. The highest BCUT2D eigenvalue weighted by molar-refractivity contribution is 9.10. The van der Waals surface area contributed by atoms with Crippen LogP contribution in [0.4, 0.5) is 14.6 Å². The summed E-state index contributed by atoms with van der Waals surface area (Å²) in [7, 11) is 0. The number of nitrogens with zero attached hydrogens (tertiary/aromatic N) is 2. The summed E-state index contributed by atoms with van der Waals surface area (Å²) < 4.78 is 26.6. The maximum Gasteiger partial charge on any atom is 0.144 e. The molecule has 100 valence electrons. The zero-order valence-corrected chi connectivity index (χ0v) is 11.8. The minimum Gasteiger partial charge on any atom is -0.365 e. The van der Waals surface area contributed by atoms with Crippen molar-refractivity contribution in [2.75, 3.05) is 5.32 Å². The van der Waals surface area contributed by atoms with Gasteiger partial charge in [-0.1, -0.05) is 12.1 Å². The Morgan fingerprint density at radius 2 is 1.95 bits per heavy atom. The molecule has 0 saturated carbocycles. The van der Waals surface area contributed by atoms with Gasteiger partial charge in [-0.05, 0) is 40.5 Å². The number of aromatic nitrogens is 2. The molecule has 1 aromatic heterocycles. The number of anilines is 1. The summed E-state index contributed by atoms with van der Waals surface area (Å²) in [6, 6.07) is 6.13. The highest BCUT2D eigenvalue weighted by Gasteiger charge is 2.13. The number of nitrogens with one attached hydrogen (secondary N) is 1. The molecular weight excluding hydrogens is 316 g/mol. The highest BCUT2D eigenvalue weighted by Crippen LogP contribution is 2.28. The van der Waals surface area contributed by atoms with Crippen LogP contribution in [-0.2, 0) is 6.54 Å². The van der Waals surface area contributed by atoms with E-state index < -0.39 is 6.17 Å². The van der Waals surface area contributed by atoms with Crippen molar-refractivity contribution in [1.82, 2.24) is 9.97 Å². The van der Waals surface area contributed by atoms with Crippen LogP contribution in [0.3, 0.4) is 0 Å². The molecule has 6 heteroatoms. The maximum absolute atomic E-state index is 13.3. The van der Waals surface area contributed by atoms with Crippen LogP contribution in [0.25, 0.3) is 0 Å². The fraction of sp³-hybridized carbons (Fsp3) is 0.231. The molecule has 0 radical (unpaired) electrons. The molecule has 0 fully saturated rings. The summed E-state index contributed by atoms with van der Waals surface area (Å²) in [6.45, 7) is 1.88. The van der Waals surface area contributed by atoms with Crippen LogP contribution in [-0.4, -0.2) is 9.97 Å². The molecular formula is C13H12BrF2N3. The van der Waals surface area contributed by atoms with Crippen molar-refractivity contribution < 1.29 is 8.78 Å². The molecule has 19 heavy (non-hydrogen) atoms. The summed E-state index contributed by atoms with van der Waals surface area (Å²) in [5.41, 5.74) is 1.21. The number of alkyl halides is 1. The number of rotatable bonds is 4. The lowest BCUT2D eigenvalue weighted by Crippen LogP contribution is -2.05. The quantitative estimate of drug-likeness (QED) is 0.921. The molecule has 1 heterocycles. The van der Waals surface area contributed by atoms with Crippen molar-refractivity contribution in [3.8, 4) is 0 Å². The van der Waals surface area contributed by atoms with Crippen LogP contribution >= 0.6 is 15.9 Å². The predicted molar refractivity (Wildman–Crippen MR) is 73.0 cm³/mol. The van der Waals surface area contributed by atoms with Gasteiger partial charge < -0.3 is 5.32 Å². The van der Waals surface area contributed by atoms with E-state index in [4.69, 9.17) is 0 Å². The molecule has 1 aromatic carbocycles. The van der Waals surface area contributed by atoms with Crippen LogP contribution in [0.5, 0.6) is 0 Å². The van der Waals surface area contributed by atoms with Gasteiger partial charge in [0.05, 0.1) is 10.2 Å². The monoisotopic (exact) mass is 327 g/mol. The number of hydrogen-bond donors (Lipinski definition) is 1. The van der Waals surface area contributed by atoms with Gasteiger partial charge in [0.2, 0.25) is 0 Å². The van der Waals surface area contributed by atoms with Gasteiger partial charge in [0.25, 0.3) is 0 Å². The van der Waals surface area contributed by atoms with E-state index >= 15 is 0 Å². The van der Waals surface area contributed by atoms with Gasteiger partial charge in [0, 0.05) is 6.54 Å². The Bertz CT molecular complexity index is 558. The van der Waals surface area contributed by atoms with Gasteiger partial charge in [-0.15, -0.1) is 0 Å². The minimum absolute atomic E-state index is 0.277. The zero-order chi connectivity index (χ0) is 13.8. The first kappa shape index (κ1) is 13.9. The molecule has 0 amide bonds. The average Bonchev–Trinajstić information content (AvgIpc) is 2.39. The molecule has 0 saturated heterocycles. The summed E-state index contributed by atoms with van der Waals surface area (Å²) in [6.07, 6.45) is 0.132. The van der Waals surface area contributed by atoms with Crippen molar-refractivity contribution in [2.24, 2.45) is 0 Å². The Morgan fingerprint density at radius 1 is 1.26 bits per heavy atom. The van der Waals surface area contributed by atoms with E-state index in [9.17, 15) is 8.78 Å². The molecule has 1 atom stereocenters. The Hall–Kier alpha value is -1.56. The summed E-state index contributed by atoms with van der Waals surface area (Å²) in [5.74, 6) is 0.235. The van der Waals surface area contributed by atoms with Gasteiger partial charge in [-0.2, -0.15) is 0 Å². The number of benzene rings is 1. The normalized spacial score (nSPS) is 12.2. The SMILES string of the molecule is CC(F)c1ncnc(NCc2ccc(F)cc2)c1Br. The first-order valence-corrected chi connectivity index (χ1v) is 6.50. The van der Waals surface area contributed by atoms with E-state index in [-0.39, 0.29) is 5.82 Å². The molecule has 0 aliphatic rings. The fourth-order valence-electron chi connectivity index (χ4n) is 1.57. The molecule has 2 rings (SSSR count). The van der Waals surface area contributed by atoms with Crippen molar-refractivity contribution in [1.29, 1.82) is 0 Å². The van der Waals surface area contributed by atoms with E-state index in [2.05, 4.69) is 31.2 Å².